The largest absolute Gasteiger partial charge is 0.326 e. The molecule has 4 rings (SSSR count). The minimum Gasteiger partial charge on any atom is -0.326 e. The van der Waals surface area contributed by atoms with Crippen molar-refractivity contribution in [1.82, 2.24) is 15.2 Å². The van der Waals surface area contributed by atoms with E-state index in [0.717, 1.165) is 16.8 Å². The lowest BCUT2D eigenvalue weighted by Crippen LogP contribution is -2.28. The zero-order chi connectivity index (χ0) is 20.4. The van der Waals surface area contributed by atoms with Crippen LogP contribution in [-0.2, 0) is 16.1 Å². The van der Waals surface area contributed by atoms with Crippen molar-refractivity contribution in [2.45, 2.75) is 19.9 Å². The maximum Gasteiger partial charge on any atom is 0.229 e. The number of rotatable bonds is 5. The monoisotopic (exact) mass is 426 g/mol. The summed E-state index contributed by atoms with van der Waals surface area (Å²) in [4.78, 5) is 31.0. The number of H-pyrrole nitrogens is 1. The average molecular weight is 427 g/mol. The van der Waals surface area contributed by atoms with Gasteiger partial charge in [-0.3, -0.25) is 14.7 Å². The maximum atomic E-state index is 12.7. The van der Waals surface area contributed by atoms with Crippen LogP contribution in [0.15, 0.2) is 48.5 Å². The highest BCUT2D eigenvalue weighted by Crippen LogP contribution is 2.26. The number of anilines is 2. The summed E-state index contributed by atoms with van der Waals surface area (Å²) >= 11 is 0. The third kappa shape index (κ3) is 4.50. The second kappa shape index (κ2) is 9.06. The van der Waals surface area contributed by atoms with Crippen LogP contribution in [-0.4, -0.2) is 33.5 Å². The number of hydrogen-bond acceptors (Lipinski definition) is 5. The Morgan fingerprint density at radius 1 is 1.20 bits per heavy atom. The van der Waals surface area contributed by atoms with E-state index in [9.17, 15) is 9.59 Å². The molecule has 156 valence electrons. The molecule has 2 heterocycles. The van der Waals surface area contributed by atoms with E-state index in [1.165, 1.54) is 0 Å². The molecule has 0 bridgehead atoms. The first-order chi connectivity index (χ1) is 14.0. The normalized spacial score (nSPS) is 15.7. The molecule has 1 aliphatic heterocycles. The van der Waals surface area contributed by atoms with Gasteiger partial charge in [0.15, 0.2) is 5.82 Å². The lowest BCUT2D eigenvalue weighted by atomic mass is 10.1. The molecule has 2 amide bonds. The number of hydrogen-bond donors (Lipinski definition) is 3. The zero-order valence-corrected chi connectivity index (χ0v) is 17.3. The van der Waals surface area contributed by atoms with Gasteiger partial charge in [-0.05, 0) is 43.3 Å². The molecular formula is C21H23ClN6O2. The van der Waals surface area contributed by atoms with Gasteiger partial charge in [0.1, 0.15) is 5.82 Å². The lowest BCUT2D eigenvalue weighted by molar-refractivity contribution is -0.122. The molecule has 30 heavy (non-hydrogen) atoms. The number of carbonyl (C=O) groups excluding carboxylic acids is 2. The van der Waals surface area contributed by atoms with E-state index in [1.807, 2.05) is 43.3 Å². The van der Waals surface area contributed by atoms with Crippen molar-refractivity contribution >= 4 is 35.6 Å². The Hall–Kier alpha value is -3.23. The molecule has 9 heteroatoms. The maximum absolute atomic E-state index is 12.7. The van der Waals surface area contributed by atoms with Crippen LogP contribution in [0.1, 0.15) is 17.8 Å². The Kier molecular flexibility index (Phi) is 6.49. The number of nitrogens with two attached hydrogens (primary N) is 1. The summed E-state index contributed by atoms with van der Waals surface area (Å²) in [7, 11) is 0. The van der Waals surface area contributed by atoms with E-state index >= 15 is 0 Å². The number of aryl methyl sites for hydroxylation is 1. The van der Waals surface area contributed by atoms with Crippen LogP contribution < -0.4 is 16.0 Å². The number of nitrogens with one attached hydrogen (secondary N) is 2. The Bertz CT molecular complexity index is 1030. The quantitative estimate of drug-likeness (QED) is 0.579. The molecule has 1 atom stereocenters. The van der Waals surface area contributed by atoms with E-state index in [-0.39, 0.29) is 36.6 Å². The molecule has 4 N–H and O–H groups in total. The molecule has 1 fully saturated rings. The number of nitrogens with zero attached hydrogens (tertiary/aromatic N) is 3. The van der Waals surface area contributed by atoms with Gasteiger partial charge in [-0.15, -0.1) is 12.4 Å². The minimum atomic E-state index is -0.386. The number of aromatic nitrogens is 3. The first kappa shape index (κ1) is 21.5. The first-order valence-electron chi connectivity index (χ1n) is 9.43. The topological polar surface area (TPSA) is 117 Å². The predicted molar refractivity (Wildman–Crippen MR) is 117 cm³/mol. The van der Waals surface area contributed by atoms with E-state index in [4.69, 9.17) is 5.73 Å². The molecule has 0 spiro atoms. The third-order valence-corrected chi connectivity index (χ3v) is 4.98. The third-order valence-electron chi connectivity index (χ3n) is 4.98. The van der Waals surface area contributed by atoms with E-state index < -0.39 is 0 Å². The molecule has 0 radical (unpaired) electrons. The van der Waals surface area contributed by atoms with Crippen LogP contribution in [0.2, 0.25) is 0 Å². The fraction of sp³-hybridized carbons (Fsp3) is 0.238. The fourth-order valence-corrected chi connectivity index (χ4v) is 3.32. The summed E-state index contributed by atoms with van der Waals surface area (Å²) in [5, 5.41) is 9.78. The van der Waals surface area contributed by atoms with Crippen LogP contribution >= 0.6 is 12.4 Å². The van der Waals surface area contributed by atoms with Gasteiger partial charge in [-0.2, -0.15) is 5.10 Å². The molecule has 0 aliphatic carbocycles. The zero-order valence-electron chi connectivity index (χ0n) is 16.5. The number of halogens is 1. The average Bonchev–Trinajstić information content (AvgIpc) is 3.36. The minimum absolute atomic E-state index is 0. The van der Waals surface area contributed by atoms with Crippen molar-refractivity contribution in [2.24, 2.45) is 11.7 Å². The molecule has 2 aromatic carbocycles. The molecule has 1 saturated heterocycles. The molecule has 1 aliphatic rings. The Morgan fingerprint density at radius 2 is 1.90 bits per heavy atom. The highest BCUT2D eigenvalue weighted by atomic mass is 35.5. The van der Waals surface area contributed by atoms with Crippen molar-refractivity contribution in [1.29, 1.82) is 0 Å². The summed E-state index contributed by atoms with van der Waals surface area (Å²) in [5.74, 6) is 0.581. The highest BCUT2D eigenvalue weighted by molar-refractivity contribution is 6.03. The van der Waals surface area contributed by atoms with Crippen molar-refractivity contribution in [3.8, 4) is 11.4 Å². The molecule has 8 nitrogen and oxygen atoms in total. The fourth-order valence-electron chi connectivity index (χ4n) is 3.32. The molecule has 1 aromatic heterocycles. The van der Waals surface area contributed by atoms with Gasteiger partial charge in [-0.1, -0.05) is 17.7 Å². The van der Waals surface area contributed by atoms with Gasteiger partial charge in [0.25, 0.3) is 0 Å². The van der Waals surface area contributed by atoms with Gasteiger partial charge >= 0.3 is 0 Å². The summed E-state index contributed by atoms with van der Waals surface area (Å²) in [6.45, 7) is 2.67. The van der Waals surface area contributed by atoms with E-state index in [0.29, 0.717) is 30.4 Å². The van der Waals surface area contributed by atoms with Crippen molar-refractivity contribution in [3.05, 3.63) is 59.9 Å². The van der Waals surface area contributed by atoms with E-state index in [2.05, 4.69) is 20.5 Å². The summed E-state index contributed by atoms with van der Waals surface area (Å²) in [6, 6.07) is 15.0. The Morgan fingerprint density at radius 3 is 2.53 bits per heavy atom. The van der Waals surface area contributed by atoms with Crippen LogP contribution in [0.25, 0.3) is 11.4 Å². The molecular weight excluding hydrogens is 404 g/mol. The van der Waals surface area contributed by atoms with Gasteiger partial charge in [0.05, 0.1) is 12.5 Å². The Balaban J connectivity index is 0.00000256. The predicted octanol–water partition coefficient (Wildman–Crippen LogP) is 2.65. The number of carbonyl (C=O) groups is 2. The smallest absolute Gasteiger partial charge is 0.229 e. The van der Waals surface area contributed by atoms with Gasteiger partial charge in [-0.25, -0.2) is 4.98 Å². The van der Waals surface area contributed by atoms with Crippen LogP contribution in [0.5, 0.6) is 0 Å². The van der Waals surface area contributed by atoms with Gasteiger partial charge < -0.3 is 16.0 Å². The first-order valence-corrected chi connectivity index (χ1v) is 9.43. The Labute approximate surface area is 180 Å². The van der Waals surface area contributed by atoms with Crippen molar-refractivity contribution < 1.29 is 9.59 Å². The number of aromatic amines is 1. The molecule has 0 saturated carbocycles. The van der Waals surface area contributed by atoms with Gasteiger partial charge in [0, 0.05) is 29.9 Å². The number of benzene rings is 2. The SMILES string of the molecule is Cc1ccc(N2CC(C(=O)Nc3ccc(-c4n[nH]c(CN)n4)cc3)CC2=O)cc1.Cl. The highest BCUT2D eigenvalue weighted by Gasteiger charge is 2.35. The van der Waals surface area contributed by atoms with Crippen LogP contribution in [0.3, 0.4) is 0 Å². The van der Waals surface area contributed by atoms with Crippen molar-refractivity contribution in [2.75, 3.05) is 16.8 Å². The standard InChI is InChI=1S/C21H22N6O2.ClH/c1-13-2-8-17(9-3-13)27-12-15(10-19(27)28)21(29)23-16-6-4-14(5-7-16)20-24-18(11-22)25-26-20;/h2-9,15H,10-12,22H2,1H3,(H,23,29)(H,24,25,26);1H. The molecule has 1 unspecified atom stereocenters. The second-order valence-electron chi connectivity index (χ2n) is 7.12. The summed E-state index contributed by atoms with van der Waals surface area (Å²) in [6.07, 6.45) is 0.205. The lowest BCUT2D eigenvalue weighted by Gasteiger charge is -2.17. The van der Waals surface area contributed by atoms with Crippen LogP contribution in [0, 0.1) is 12.8 Å². The van der Waals surface area contributed by atoms with Gasteiger partial charge in [0.2, 0.25) is 11.8 Å². The second-order valence-corrected chi connectivity index (χ2v) is 7.12. The number of amides is 2. The van der Waals surface area contributed by atoms with Crippen LogP contribution in [0.4, 0.5) is 11.4 Å². The summed E-state index contributed by atoms with van der Waals surface area (Å²) < 4.78 is 0. The van der Waals surface area contributed by atoms with Crippen molar-refractivity contribution in [3.63, 3.8) is 0 Å². The molecule has 3 aromatic rings. The summed E-state index contributed by atoms with van der Waals surface area (Å²) in [5.41, 5.74) is 8.97. The van der Waals surface area contributed by atoms with E-state index in [1.54, 1.807) is 17.0 Å².